The first kappa shape index (κ1) is 18.1. The number of benzene rings is 2. The second kappa shape index (κ2) is 7.03. The summed E-state index contributed by atoms with van der Waals surface area (Å²) in [5.41, 5.74) is 3.61. The lowest BCUT2D eigenvalue weighted by Gasteiger charge is -2.16. The zero-order valence-corrected chi connectivity index (χ0v) is 15.9. The largest absolute Gasteiger partial charge is 0.493 e. The topological polar surface area (TPSA) is 60.6 Å². The smallest absolute Gasteiger partial charge is 0.203 e. The lowest BCUT2D eigenvalue weighted by molar-refractivity contribution is 0.102. The number of carbonyl (C=O) groups excluding carboxylic acids is 1. The molecule has 0 saturated carbocycles. The van der Waals surface area contributed by atoms with Gasteiger partial charge in [-0.1, -0.05) is 0 Å². The third kappa shape index (κ3) is 2.91. The molecule has 0 spiro atoms. The van der Waals surface area contributed by atoms with Crippen LogP contribution in [0.1, 0.15) is 28.0 Å². The van der Waals surface area contributed by atoms with Crippen LogP contribution in [0.5, 0.6) is 17.2 Å². The predicted octanol–water partition coefficient (Wildman–Crippen LogP) is 4.55. The molecule has 3 aromatic rings. The number of halogens is 1. The lowest BCUT2D eigenvalue weighted by atomic mass is 9.88. The molecule has 5 nitrogen and oxygen atoms in total. The first-order valence-corrected chi connectivity index (χ1v) is 8.91. The van der Waals surface area contributed by atoms with Crippen LogP contribution in [0.2, 0.25) is 0 Å². The van der Waals surface area contributed by atoms with Crippen molar-refractivity contribution in [3.8, 4) is 17.2 Å². The van der Waals surface area contributed by atoms with Crippen LogP contribution in [-0.4, -0.2) is 32.1 Å². The first-order chi connectivity index (χ1) is 13.5. The molecule has 1 aliphatic rings. The molecule has 0 atom stereocenters. The maximum absolute atomic E-state index is 13.7. The highest BCUT2D eigenvalue weighted by molar-refractivity contribution is 6.19. The van der Waals surface area contributed by atoms with Crippen molar-refractivity contribution in [3.63, 3.8) is 0 Å². The van der Waals surface area contributed by atoms with Crippen LogP contribution < -0.4 is 14.2 Å². The van der Waals surface area contributed by atoms with Gasteiger partial charge in [-0.2, -0.15) is 0 Å². The minimum atomic E-state index is -0.358. The number of nitrogens with one attached hydrogen (secondary N) is 1. The SMILES string of the molecule is COc1cc(/C=C2\CCc3[nH]c4ccc(F)cc4c3C2=O)cc(OC)c1OC. The van der Waals surface area contributed by atoms with Gasteiger partial charge in [-0.3, -0.25) is 4.79 Å². The fourth-order valence-electron chi connectivity index (χ4n) is 3.72. The molecule has 1 N–H and O–H groups in total. The lowest BCUT2D eigenvalue weighted by Crippen LogP contribution is -2.13. The Balaban J connectivity index is 1.79. The molecule has 4 rings (SSSR count). The van der Waals surface area contributed by atoms with E-state index in [0.29, 0.717) is 46.6 Å². The van der Waals surface area contributed by atoms with E-state index in [-0.39, 0.29) is 11.6 Å². The van der Waals surface area contributed by atoms with Gasteiger partial charge in [0.15, 0.2) is 17.3 Å². The number of fused-ring (bicyclic) bond motifs is 3. The summed E-state index contributed by atoms with van der Waals surface area (Å²) in [6.07, 6.45) is 3.11. The molecule has 0 aliphatic heterocycles. The second-order valence-electron chi connectivity index (χ2n) is 6.63. The van der Waals surface area contributed by atoms with Gasteiger partial charge in [0, 0.05) is 22.2 Å². The van der Waals surface area contributed by atoms with Crippen LogP contribution in [0.15, 0.2) is 35.9 Å². The van der Waals surface area contributed by atoms with Crippen LogP contribution in [0, 0.1) is 5.82 Å². The molecule has 2 aromatic carbocycles. The third-order valence-electron chi connectivity index (χ3n) is 5.03. The number of Topliss-reactive ketones (excluding diaryl/α,β-unsaturated/α-hetero) is 1. The number of aromatic amines is 1. The monoisotopic (exact) mass is 381 g/mol. The Labute approximate surface area is 161 Å². The standard InChI is InChI=1S/C22H20FNO4/c1-26-18-9-12(10-19(27-2)22(18)28-3)8-13-4-6-17-20(21(13)25)15-11-14(23)5-7-16(15)24-17/h5,7-11,24H,4,6H2,1-3H3/b13-8+. The molecule has 0 radical (unpaired) electrons. The Morgan fingerprint density at radius 1 is 1.00 bits per heavy atom. The number of ether oxygens (including phenoxy) is 3. The van der Waals surface area contributed by atoms with Gasteiger partial charge in [0.2, 0.25) is 5.75 Å². The summed E-state index contributed by atoms with van der Waals surface area (Å²) in [4.78, 5) is 16.4. The van der Waals surface area contributed by atoms with E-state index in [1.807, 2.05) is 6.08 Å². The minimum Gasteiger partial charge on any atom is -0.493 e. The third-order valence-corrected chi connectivity index (χ3v) is 5.03. The Morgan fingerprint density at radius 2 is 1.71 bits per heavy atom. The van der Waals surface area contributed by atoms with E-state index in [1.54, 1.807) is 39.5 Å². The Hall–Kier alpha value is -3.28. The Morgan fingerprint density at radius 3 is 2.36 bits per heavy atom. The number of carbonyl (C=O) groups is 1. The van der Waals surface area contributed by atoms with Crippen molar-refractivity contribution in [2.45, 2.75) is 12.8 Å². The average Bonchev–Trinajstić information content (AvgIpc) is 3.07. The summed E-state index contributed by atoms with van der Waals surface area (Å²) < 4.78 is 29.8. The summed E-state index contributed by atoms with van der Waals surface area (Å²) >= 11 is 0. The maximum atomic E-state index is 13.7. The number of hydrogen-bond acceptors (Lipinski definition) is 4. The number of hydrogen-bond donors (Lipinski definition) is 1. The normalized spacial score (nSPS) is 15.0. The molecule has 0 saturated heterocycles. The van der Waals surface area contributed by atoms with E-state index in [0.717, 1.165) is 16.8 Å². The first-order valence-electron chi connectivity index (χ1n) is 8.91. The molecule has 0 amide bonds. The number of H-pyrrole nitrogens is 1. The van der Waals surface area contributed by atoms with Crippen molar-refractivity contribution in [2.75, 3.05) is 21.3 Å². The molecule has 1 aliphatic carbocycles. The van der Waals surface area contributed by atoms with Crippen molar-refractivity contribution in [3.05, 3.63) is 58.5 Å². The van der Waals surface area contributed by atoms with Crippen molar-refractivity contribution in [1.82, 2.24) is 4.98 Å². The molecule has 144 valence electrons. The fraction of sp³-hybridized carbons (Fsp3) is 0.227. The Bertz CT molecular complexity index is 1090. The van der Waals surface area contributed by atoms with E-state index in [9.17, 15) is 9.18 Å². The molecule has 0 fully saturated rings. The molecule has 28 heavy (non-hydrogen) atoms. The number of rotatable bonds is 4. The highest BCUT2D eigenvalue weighted by Gasteiger charge is 2.26. The van der Waals surface area contributed by atoms with Gasteiger partial charge in [0.25, 0.3) is 0 Å². The highest BCUT2D eigenvalue weighted by atomic mass is 19.1. The van der Waals surface area contributed by atoms with Crippen LogP contribution in [0.25, 0.3) is 17.0 Å². The zero-order valence-electron chi connectivity index (χ0n) is 15.9. The number of ketones is 1. The molecule has 6 heteroatoms. The van der Waals surface area contributed by atoms with Gasteiger partial charge >= 0.3 is 0 Å². The van der Waals surface area contributed by atoms with E-state index < -0.39 is 0 Å². The van der Waals surface area contributed by atoms with Gasteiger partial charge in [0.05, 0.1) is 26.9 Å². The van der Waals surface area contributed by atoms with Gasteiger partial charge in [-0.15, -0.1) is 0 Å². The van der Waals surface area contributed by atoms with Crippen LogP contribution in [-0.2, 0) is 6.42 Å². The van der Waals surface area contributed by atoms with Crippen molar-refractivity contribution < 1.29 is 23.4 Å². The number of aryl methyl sites for hydroxylation is 1. The maximum Gasteiger partial charge on any atom is 0.203 e. The number of aromatic nitrogens is 1. The summed E-state index contributed by atoms with van der Waals surface area (Å²) in [6.45, 7) is 0. The van der Waals surface area contributed by atoms with Gasteiger partial charge in [-0.05, 0) is 54.8 Å². The van der Waals surface area contributed by atoms with Crippen LogP contribution in [0.3, 0.4) is 0 Å². The van der Waals surface area contributed by atoms with E-state index in [4.69, 9.17) is 14.2 Å². The van der Waals surface area contributed by atoms with Gasteiger partial charge < -0.3 is 19.2 Å². The molecule has 1 heterocycles. The second-order valence-corrected chi connectivity index (χ2v) is 6.63. The highest BCUT2D eigenvalue weighted by Crippen LogP contribution is 2.39. The molecular formula is C22H20FNO4. The van der Waals surface area contributed by atoms with Crippen molar-refractivity contribution >= 4 is 22.8 Å². The van der Waals surface area contributed by atoms with Gasteiger partial charge in [0.1, 0.15) is 5.82 Å². The zero-order chi connectivity index (χ0) is 19.8. The van der Waals surface area contributed by atoms with E-state index in [1.165, 1.54) is 12.1 Å². The van der Waals surface area contributed by atoms with Crippen molar-refractivity contribution in [1.29, 1.82) is 0 Å². The number of allylic oxidation sites excluding steroid dienone is 1. The minimum absolute atomic E-state index is 0.0909. The summed E-state index contributed by atoms with van der Waals surface area (Å²) in [5, 5.41) is 0.621. The predicted molar refractivity (Wildman–Crippen MR) is 105 cm³/mol. The summed E-state index contributed by atoms with van der Waals surface area (Å²) in [5.74, 6) is 1.09. The Kier molecular flexibility index (Phi) is 4.55. The van der Waals surface area contributed by atoms with Crippen molar-refractivity contribution in [2.24, 2.45) is 0 Å². The van der Waals surface area contributed by atoms with Crippen LogP contribution in [0.4, 0.5) is 4.39 Å². The fourth-order valence-corrected chi connectivity index (χ4v) is 3.72. The summed E-state index contributed by atoms with van der Waals surface area (Å²) in [6, 6.07) is 8.06. The van der Waals surface area contributed by atoms with E-state index >= 15 is 0 Å². The molecule has 0 unspecified atom stereocenters. The number of methoxy groups -OCH3 is 3. The molecule has 0 bridgehead atoms. The van der Waals surface area contributed by atoms with Gasteiger partial charge in [-0.25, -0.2) is 4.39 Å². The summed E-state index contributed by atoms with van der Waals surface area (Å²) in [7, 11) is 4.64. The molecule has 1 aromatic heterocycles. The van der Waals surface area contributed by atoms with Crippen LogP contribution >= 0.6 is 0 Å². The molecular weight excluding hydrogens is 361 g/mol. The van der Waals surface area contributed by atoms with E-state index in [2.05, 4.69) is 4.98 Å². The quantitative estimate of drug-likeness (QED) is 0.674. The average molecular weight is 381 g/mol.